The molecular formula is C21H16ClF2N3O. The Bertz CT molecular complexity index is 1050. The zero-order chi connectivity index (χ0) is 19.5. The van der Waals surface area contributed by atoms with Crippen LogP contribution in [0.3, 0.4) is 0 Å². The van der Waals surface area contributed by atoms with E-state index in [1.54, 1.807) is 0 Å². The van der Waals surface area contributed by atoms with E-state index in [-0.39, 0.29) is 16.2 Å². The van der Waals surface area contributed by atoms with Crippen LogP contribution < -0.4 is 0 Å². The Morgan fingerprint density at radius 1 is 1.00 bits per heavy atom. The predicted octanol–water partition coefficient (Wildman–Crippen LogP) is 4.91. The van der Waals surface area contributed by atoms with Crippen molar-refractivity contribution in [1.82, 2.24) is 15.0 Å². The summed E-state index contributed by atoms with van der Waals surface area (Å²) in [7, 11) is 0. The van der Waals surface area contributed by atoms with Crippen LogP contribution in [0.15, 0.2) is 36.8 Å². The third-order valence-corrected chi connectivity index (χ3v) is 4.99. The summed E-state index contributed by atoms with van der Waals surface area (Å²) in [4.78, 5) is 12.2. The highest BCUT2D eigenvalue weighted by atomic mass is 35.5. The number of aromatic nitrogens is 3. The van der Waals surface area contributed by atoms with Crippen molar-refractivity contribution in [3.05, 3.63) is 64.5 Å². The molecule has 0 aliphatic carbocycles. The van der Waals surface area contributed by atoms with Gasteiger partial charge < -0.3 is 4.74 Å². The van der Waals surface area contributed by atoms with Crippen LogP contribution in [-0.4, -0.2) is 28.2 Å². The molecule has 142 valence electrons. The topological polar surface area (TPSA) is 47.9 Å². The predicted molar refractivity (Wildman–Crippen MR) is 103 cm³/mol. The molecule has 1 fully saturated rings. The molecule has 0 unspecified atom stereocenters. The highest BCUT2D eigenvalue weighted by molar-refractivity contribution is 6.30. The number of hydrogen-bond donors (Lipinski definition) is 0. The van der Waals surface area contributed by atoms with E-state index >= 15 is 0 Å². The lowest BCUT2D eigenvalue weighted by Gasteiger charge is -2.21. The summed E-state index contributed by atoms with van der Waals surface area (Å²) in [5.41, 5.74) is 1.95. The summed E-state index contributed by atoms with van der Waals surface area (Å²) in [5.74, 6) is 6.41. The number of hydrogen-bond acceptors (Lipinski definition) is 4. The summed E-state index contributed by atoms with van der Waals surface area (Å²) in [5, 5.41) is 0.951. The van der Waals surface area contributed by atoms with Gasteiger partial charge in [-0.3, -0.25) is 4.98 Å². The van der Waals surface area contributed by atoms with Crippen molar-refractivity contribution in [2.45, 2.75) is 25.2 Å². The Labute approximate surface area is 165 Å². The van der Waals surface area contributed by atoms with Gasteiger partial charge in [0.25, 0.3) is 6.43 Å². The van der Waals surface area contributed by atoms with Crippen molar-refractivity contribution in [1.29, 1.82) is 0 Å². The zero-order valence-corrected chi connectivity index (χ0v) is 15.6. The van der Waals surface area contributed by atoms with Crippen LogP contribution in [0.1, 0.15) is 47.7 Å². The second kappa shape index (κ2) is 8.17. The van der Waals surface area contributed by atoms with Gasteiger partial charge in [0.2, 0.25) is 0 Å². The van der Waals surface area contributed by atoms with Crippen LogP contribution in [0.5, 0.6) is 0 Å². The van der Waals surface area contributed by atoms with Crippen molar-refractivity contribution in [2.75, 3.05) is 13.2 Å². The summed E-state index contributed by atoms with van der Waals surface area (Å²) >= 11 is 5.94. The van der Waals surface area contributed by atoms with E-state index in [0.29, 0.717) is 22.6 Å². The van der Waals surface area contributed by atoms with E-state index in [4.69, 9.17) is 16.3 Å². The molecule has 3 aromatic heterocycles. The van der Waals surface area contributed by atoms with E-state index in [2.05, 4.69) is 26.8 Å². The first kappa shape index (κ1) is 18.7. The lowest BCUT2D eigenvalue weighted by atomic mass is 9.93. The molecule has 4 heterocycles. The molecule has 0 aromatic carbocycles. The van der Waals surface area contributed by atoms with Crippen LogP contribution in [0.4, 0.5) is 8.78 Å². The van der Waals surface area contributed by atoms with Gasteiger partial charge in [-0.25, -0.2) is 18.7 Å². The van der Waals surface area contributed by atoms with Crippen molar-refractivity contribution in [3.63, 3.8) is 0 Å². The van der Waals surface area contributed by atoms with Gasteiger partial charge in [-0.2, -0.15) is 0 Å². The molecule has 28 heavy (non-hydrogen) atoms. The molecule has 0 amide bonds. The molecular weight excluding hydrogens is 384 g/mol. The van der Waals surface area contributed by atoms with Crippen LogP contribution in [-0.2, 0) is 4.74 Å². The van der Waals surface area contributed by atoms with E-state index in [1.807, 2.05) is 18.3 Å². The van der Waals surface area contributed by atoms with Crippen molar-refractivity contribution < 1.29 is 13.5 Å². The molecule has 3 aromatic rings. The Kier molecular flexibility index (Phi) is 5.47. The number of rotatable bonds is 2. The Morgan fingerprint density at radius 2 is 1.82 bits per heavy atom. The van der Waals surface area contributed by atoms with Gasteiger partial charge in [0.15, 0.2) is 0 Å². The minimum absolute atomic E-state index is 0.209. The fourth-order valence-electron chi connectivity index (χ4n) is 3.29. The van der Waals surface area contributed by atoms with E-state index in [1.165, 1.54) is 24.0 Å². The van der Waals surface area contributed by atoms with Gasteiger partial charge in [-0.1, -0.05) is 23.6 Å². The minimum Gasteiger partial charge on any atom is -0.381 e. The van der Waals surface area contributed by atoms with Crippen LogP contribution in [0, 0.1) is 11.8 Å². The van der Waals surface area contributed by atoms with Gasteiger partial charge in [-0.05, 0) is 42.4 Å². The fourth-order valence-corrected chi connectivity index (χ4v) is 3.44. The summed E-state index contributed by atoms with van der Waals surface area (Å²) < 4.78 is 31.8. The average molecular weight is 400 g/mol. The van der Waals surface area contributed by atoms with E-state index in [9.17, 15) is 8.78 Å². The lowest BCUT2D eigenvalue weighted by molar-refractivity contribution is 0.0853. The fraction of sp³-hybridized carbons (Fsp3) is 0.286. The molecule has 0 atom stereocenters. The van der Waals surface area contributed by atoms with E-state index in [0.717, 1.165) is 26.1 Å². The highest BCUT2D eigenvalue weighted by Crippen LogP contribution is 2.29. The summed E-state index contributed by atoms with van der Waals surface area (Å²) in [6.45, 7) is 1.55. The molecule has 4 rings (SSSR count). The minimum atomic E-state index is -2.70. The number of fused-ring (bicyclic) bond motifs is 1. The van der Waals surface area contributed by atoms with Crippen LogP contribution >= 0.6 is 11.6 Å². The standard InChI is InChI=1S/C21H16ClF2N3O/c22-19-9-17-15(11-27-20(21(23)24)18(17)12-26-19)2-4-16-3-1-14(10-25-16)13-5-7-28-8-6-13/h1,3,9-13,21H,5-8H2. The smallest absolute Gasteiger partial charge is 0.281 e. The average Bonchev–Trinajstić information content (AvgIpc) is 2.72. The Balaban J connectivity index is 1.65. The van der Waals surface area contributed by atoms with Crippen LogP contribution in [0.2, 0.25) is 5.15 Å². The van der Waals surface area contributed by atoms with Crippen molar-refractivity contribution in [3.8, 4) is 11.8 Å². The highest BCUT2D eigenvalue weighted by Gasteiger charge is 2.17. The first-order valence-corrected chi connectivity index (χ1v) is 9.27. The Hall–Kier alpha value is -2.62. The lowest BCUT2D eigenvalue weighted by Crippen LogP contribution is -2.14. The molecule has 1 saturated heterocycles. The first-order valence-electron chi connectivity index (χ1n) is 8.90. The number of pyridine rings is 3. The third-order valence-electron chi connectivity index (χ3n) is 4.78. The maximum atomic E-state index is 13.2. The van der Waals surface area contributed by atoms with Gasteiger partial charge >= 0.3 is 0 Å². The number of alkyl halides is 2. The number of halogens is 3. The molecule has 0 spiro atoms. The van der Waals surface area contributed by atoms with Crippen molar-refractivity contribution in [2.24, 2.45) is 0 Å². The summed E-state index contributed by atoms with van der Waals surface area (Å²) in [6.07, 6.45) is 3.77. The maximum Gasteiger partial charge on any atom is 0.281 e. The molecule has 1 aliphatic rings. The third kappa shape index (κ3) is 3.96. The molecule has 7 heteroatoms. The molecule has 0 saturated carbocycles. The Morgan fingerprint density at radius 3 is 2.54 bits per heavy atom. The maximum absolute atomic E-state index is 13.2. The number of nitrogens with zero attached hydrogens (tertiary/aromatic N) is 3. The zero-order valence-electron chi connectivity index (χ0n) is 14.8. The second-order valence-electron chi connectivity index (χ2n) is 6.52. The second-order valence-corrected chi connectivity index (χ2v) is 6.91. The van der Waals surface area contributed by atoms with Gasteiger partial charge in [0.1, 0.15) is 16.5 Å². The quantitative estimate of drug-likeness (QED) is 0.454. The largest absolute Gasteiger partial charge is 0.381 e. The molecule has 0 N–H and O–H groups in total. The van der Waals surface area contributed by atoms with Gasteiger partial charge in [0, 0.05) is 42.6 Å². The molecule has 0 bridgehead atoms. The molecule has 1 aliphatic heterocycles. The molecule has 0 radical (unpaired) electrons. The van der Waals surface area contributed by atoms with E-state index < -0.39 is 6.43 Å². The normalized spacial score (nSPS) is 14.9. The van der Waals surface area contributed by atoms with Gasteiger partial charge in [-0.15, -0.1) is 0 Å². The number of ether oxygens (including phenoxy) is 1. The monoisotopic (exact) mass is 399 g/mol. The van der Waals surface area contributed by atoms with Gasteiger partial charge in [0.05, 0.1) is 5.56 Å². The van der Waals surface area contributed by atoms with Crippen LogP contribution in [0.25, 0.3) is 10.8 Å². The summed E-state index contributed by atoms with van der Waals surface area (Å²) in [6, 6.07) is 5.43. The molecule has 4 nitrogen and oxygen atoms in total. The first-order chi connectivity index (χ1) is 13.6. The van der Waals surface area contributed by atoms with Crippen molar-refractivity contribution >= 4 is 22.4 Å². The SMILES string of the molecule is FC(F)c1ncc(C#Cc2ccc(C3CCOCC3)cn2)c2cc(Cl)ncc12.